The van der Waals surface area contributed by atoms with Crippen LogP contribution in [0.5, 0.6) is 11.5 Å². The Kier molecular flexibility index (Phi) is 6.16. The molecule has 0 aliphatic rings. The van der Waals surface area contributed by atoms with Crippen molar-refractivity contribution >= 4 is 17.6 Å². The second kappa shape index (κ2) is 8.75. The Bertz CT molecular complexity index is 900. The maximum atomic E-state index is 8.89. The highest BCUT2D eigenvalue weighted by Crippen LogP contribution is 2.31. The van der Waals surface area contributed by atoms with Crippen molar-refractivity contribution in [2.75, 3.05) is 25.6 Å². The molecule has 27 heavy (non-hydrogen) atoms. The van der Waals surface area contributed by atoms with E-state index in [9.17, 15) is 0 Å². The summed E-state index contributed by atoms with van der Waals surface area (Å²) in [5.41, 5.74) is 1.73. The molecule has 0 amide bonds. The molecule has 0 spiro atoms. The van der Waals surface area contributed by atoms with E-state index in [-0.39, 0.29) is 19.3 Å². The van der Waals surface area contributed by atoms with Gasteiger partial charge in [0, 0.05) is 10.6 Å². The largest absolute Gasteiger partial charge is 0.493 e. The van der Waals surface area contributed by atoms with Crippen LogP contribution in [-0.4, -0.2) is 35.6 Å². The number of hydrogen-bond acceptors (Lipinski definition) is 7. The molecular weight excluding hydrogens is 370 g/mol. The molecule has 3 aromatic rings. The Morgan fingerprint density at radius 2 is 2.07 bits per heavy atom. The van der Waals surface area contributed by atoms with Crippen LogP contribution in [0.15, 0.2) is 47.0 Å². The number of anilines is 1. The van der Waals surface area contributed by atoms with Crippen LogP contribution in [0.4, 0.5) is 6.01 Å². The van der Waals surface area contributed by atoms with Crippen molar-refractivity contribution in [3.8, 4) is 22.9 Å². The summed E-state index contributed by atoms with van der Waals surface area (Å²) in [5, 5.41) is 16.6. The molecular formula is C19H20ClN3O4. The first kappa shape index (κ1) is 19.0. The molecule has 2 N–H and O–H groups in total. The number of aliphatic hydroxyl groups excluding tert-OH is 1. The topological polar surface area (TPSA) is 89.6 Å². The Balaban J connectivity index is 1.73. The fourth-order valence-electron chi connectivity index (χ4n) is 2.52. The van der Waals surface area contributed by atoms with E-state index in [1.807, 2.05) is 31.2 Å². The van der Waals surface area contributed by atoms with Gasteiger partial charge in [0.2, 0.25) is 5.82 Å². The summed E-state index contributed by atoms with van der Waals surface area (Å²) in [6.07, 6.45) is 0. The second-order valence-corrected chi connectivity index (χ2v) is 6.22. The van der Waals surface area contributed by atoms with E-state index in [4.69, 9.17) is 30.7 Å². The predicted molar refractivity (Wildman–Crippen MR) is 102 cm³/mol. The third kappa shape index (κ3) is 4.69. The Hall–Kier alpha value is -2.77. The zero-order valence-electron chi connectivity index (χ0n) is 15.0. The van der Waals surface area contributed by atoms with Crippen LogP contribution in [0.3, 0.4) is 0 Å². The summed E-state index contributed by atoms with van der Waals surface area (Å²) in [4.78, 5) is 4.36. The molecule has 8 heteroatoms. The minimum absolute atomic E-state index is 0.0605. The molecule has 1 heterocycles. The molecule has 1 atom stereocenters. The zero-order valence-corrected chi connectivity index (χ0v) is 15.7. The highest BCUT2D eigenvalue weighted by molar-refractivity contribution is 6.30. The van der Waals surface area contributed by atoms with E-state index in [0.717, 1.165) is 11.1 Å². The predicted octanol–water partition coefficient (Wildman–Crippen LogP) is 3.94. The molecule has 0 bridgehead atoms. The molecule has 1 aromatic heterocycles. The zero-order chi connectivity index (χ0) is 19.2. The van der Waals surface area contributed by atoms with E-state index in [0.29, 0.717) is 28.4 Å². The Labute approximate surface area is 161 Å². The van der Waals surface area contributed by atoms with Crippen LogP contribution in [0.1, 0.15) is 18.5 Å². The van der Waals surface area contributed by atoms with Crippen LogP contribution in [-0.2, 0) is 0 Å². The maximum absolute atomic E-state index is 8.89. The SMILES string of the molecule is COc1cc(C(C)Nc2nc(-c3cccc(Cl)c3)no2)ccc1OCCO. The number of methoxy groups -OCH3 is 1. The summed E-state index contributed by atoms with van der Waals surface area (Å²) < 4.78 is 16.1. The van der Waals surface area contributed by atoms with Crippen LogP contribution in [0.2, 0.25) is 5.02 Å². The number of ether oxygens (including phenoxy) is 2. The van der Waals surface area contributed by atoms with E-state index in [2.05, 4.69) is 15.5 Å². The minimum atomic E-state index is -0.113. The number of aliphatic hydroxyl groups is 1. The molecule has 0 aliphatic carbocycles. The van der Waals surface area contributed by atoms with Gasteiger partial charge in [-0.3, -0.25) is 0 Å². The van der Waals surface area contributed by atoms with E-state index < -0.39 is 0 Å². The molecule has 1 unspecified atom stereocenters. The van der Waals surface area contributed by atoms with Gasteiger partial charge in [-0.2, -0.15) is 4.98 Å². The first-order chi connectivity index (χ1) is 13.1. The van der Waals surface area contributed by atoms with E-state index in [1.54, 1.807) is 25.3 Å². The number of halogens is 1. The smallest absolute Gasteiger partial charge is 0.322 e. The van der Waals surface area contributed by atoms with E-state index in [1.165, 1.54) is 0 Å². The lowest BCUT2D eigenvalue weighted by Crippen LogP contribution is -2.08. The maximum Gasteiger partial charge on any atom is 0.322 e. The molecule has 142 valence electrons. The number of nitrogens with one attached hydrogen (secondary N) is 1. The van der Waals surface area contributed by atoms with Gasteiger partial charge in [0.05, 0.1) is 19.8 Å². The van der Waals surface area contributed by atoms with Gasteiger partial charge in [0.1, 0.15) is 6.61 Å². The van der Waals surface area contributed by atoms with Crippen molar-refractivity contribution in [3.05, 3.63) is 53.1 Å². The number of aromatic nitrogens is 2. The van der Waals surface area contributed by atoms with Crippen LogP contribution in [0.25, 0.3) is 11.4 Å². The molecule has 7 nitrogen and oxygen atoms in total. The summed E-state index contributed by atoms with van der Waals surface area (Å²) >= 11 is 6.00. The summed E-state index contributed by atoms with van der Waals surface area (Å²) in [5.74, 6) is 1.61. The highest BCUT2D eigenvalue weighted by atomic mass is 35.5. The first-order valence-electron chi connectivity index (χ1n) is 8.38. The standard InChI is InChI=1S/C19H20ClN3O4/c1-12(13-6-7-16(26-9-8-24)17(11-13)25-2)21-19-22-18(23-27-19)14-4-3-5-15(20)10-14/h3-7,10-12,24H,8-9H2,1-2H3,(H,21,22,23). The lowest BCUT2D eigenvalue weighted by Gasteiger charge is -2.15. The van der Waals surface area contributed by atoms with Crippen molar-refractivity contribution in [2.45, 2.75) is 13.0 Å². The van der Waals surface area contributed by atoms with Crippen molar-refractivity contribution in [2.24, 2.45) is 0 Å². The molecule has 0 fully saturated rings. The third-order valence-corrected chi connectivity index (χ3v) is 4.12. The van der Waals surface area contributed by atoms with Crippen LogP contribution in [0, 0.1) is 0 Å². The van der Waals surface area contributed by atoms with Gasteiger partial charge in [0.15, 0.2) is 11.5 Å². The molecule has 3 rings (SSSR count). The Morgan fingerprint density at radius 1 is 1.22 bits per heavy atom. The fraction of sp³-hybridized carbons (Fsp3) is 0.263. The highest BCUT2D eigenvalue weighted by Gasteiger charge is 2.15. The van der Waals surface area contributed by atoms with Gasteiger partial charge < -0.3 is 24.4 Å². The number of benzene rings is 2. The van der Waals surface area contributed by atoms with E-state index >= 15 is 0 Å². The molecule has 0 saturated heterocycles. The molecule has 0 radical (unpaired) electrons. The summed E-state index contributed by atoms with van der Waals surface area (Å²) in [7, 11) is 1.57. The summed E-state index contributed by atoms with van der Waals surface area (Å²) in [6.45, 7) is 2.11. The average molecular weight is 390 g/mol. The Morgan fingerprint density at radius 3 is 2.81 bits per heavy atom. The third-order valence-electron chi connectivity index (χ3n) is 3.89. The molecule has 2 aromatic carbocycles. The minimum Gasteiger partial charge on any atom is -0.493 e. The monoisotopic (exact) mass is 389 g/mol. The summed E-state index contributed by atoms with van der Waals surface area (Å²) in [6, 6.07) is 13.0. The first-order valence-corrected chi connectivity index (χ1v) is 8.76. The van der Waals surface area contributed by atoms with Crippen molar-refractivity contribution < 1.29 is 19.1 Å². The van der Waals surface area contributed by atoms with Gasteiger partial charge in [-0.05, 0) is 36.8 Å². The van der Waals surface area contributed by atoms with Crippen LogP contribution < -0.4 is 14.8 Å². The average Bonchev–Trinajstić information content (AvgIpc) is 3.14. The van der Waals surface area contributed by atoms with Gasteiger partial charge in [-0.25, -0.2) is 0 Å². The number of nitrogens with zero attached hydrogens (tertiary/aromatic N) is 2. The quantitative estimate of drug-likeness (QED) is 0.603. The lowest BCUT2D eigenvalue weighted by atomic mass is 10.1. The van der Waals surface area contributed by atoms with Crippen molar-refractivity contribution in [1.29, 1.82) is 0 Å². The normalized spacial score (nSPS) is 11.9. The van der Waals surface area contributed by atoms with Crippen LogP contribution >= 0.6 is 11.6 Å². The molecule has 0 saturated carbocycles. The number of hydrogen-bond donors (Lipinski definition) is 2. The van der Waals surface area contributed by atoms with Crippen molar-refractivity contribution in [1.82, 2.24) is 10.1 Å². The molecule has 0 aliphatic heterocycles. The van der Waals surface area contributed by atoms with Gasteiger partial charge in [-0.1, -0.05) is 35.0 Å². The number of rotatable bonds is 8. The fourth-order valence-corrected chi connectivity index (χ4v) is 2.71. The van der Waals surface area contributed by atoms with Crippen molar-refractivity contribution in [3.63, 3.8) is 0 Å². The van der Waals surface area contributed by atoms with Gasteiger partial charge >= 0.3 is 6.01 Å². The van der Waals surface area contributed by atoms with Gasteiger partial charge in [0.25, 0.3) is 0 Å². The second-order valence-electron chi connectivity index (χ2n) is 5.78. The van der Waals surface area contributed by atoms with Gasteiger partial charge in [-0.15, -0.1) is 0 Å². The lowest BCUT2D eigenvalue weighted by molar-refractivity contribution is 0.196.